The Kier molecular flexibility index (Phi) is 9.37. The van der Waals surface area contributed by atoms with Crippen LogP contribution in [0.3, 0.4) is 0 Å². The van der Waals surface area contributed by atoms with Crippen LogP contribution in [-0.4, -0.2) is 41.4 Å². The van der Waals surface area contributed by atoms with E-state index in [1.165, 1.54) is 55.5 Å². The van der Waals surface area contributed by atoms with E-state index >= 15 is 0 Å². The van der Waals surface area contributed by atoms with Crippen molar-refractivity contribution in [1.82, 2.24) is 0 Å². The molecular formula is C26H28S2Se2. The molecule has 0 saturated carbocycles. The third-order valence-corrected chi connectivity index (χ3v) is 12.4. The van der Waals surface area contributed by atoms with Crippen molar-refractivity contribution in [3.05, 3.63) is 85.0 Å². The van der Waals surface area contributed by atoms with Crippen LogP contribution in [0.15, 0.2) is 94.8 Å². The van der Waals surface area contributed by atoms with Crippen LogP contribution in [0.2, 0.25) is 20.3 Å². The molecule has 2 aliphatic rings. The number of hydrogen-bond acceptors (Lipinski definition) is 2. The van der Waals surface area contributed by atoms with Gasteiger partial charge in [-0.3, -0.25) is 0 Å². The van der Waals surface area contributed by atoms with Crippen LogP contribution in [0.5, 0.6) is 0 Å². The quantitative estimate of drug-likeness (QED) is 0.147. The van der Waals surface area contributed by atoms with Crippen LogP contribution in [0.1, 0.15) is 12.8 Å². The van der Waals surface area contributed by atoms with E-state index in [1.807, 2.05) is 0 Å². The van der Waals surface area contributed by atoms with Crippen molar-refractivity contribution in [1.29, 1.82) is 0 Å². The van der Waals surface area contributed by atoms with Gasteiger partial charge in [0.05, 0.1) is 0 Å². The Morgan fingerprint density at radius 1 is 0.633 bits per heavy atom. The first-order chi connectivity index (χ1) is 14.9. The Labute approximate surface area is 202 Å². The molecule has 0 aliphatic heterocycles. The normalized spacial score (nSPS) is 15.9. The summed E-state index contributed by atoms with van der Waals surface area (Å²) in [4.78, 5) is 4.42. The first kappa shape index (κ1) is 22.6. The molecule has 156 valence electrons. The van der Waals surface area contributed by atoms with Gasteiger partial charge in [-0.2, -0.15) is 0 Å². The van der Waals surface area contributed by atoms with Gasteiger partial charge >= 0.3 is 204 Å². The van der Waals surface area contributed by atoms with Gasteiger partial charge in [0.15, 0.2) is 0 Å². The zero-order valence-electron chi connectivity index (χ0n) is 17.1. The second kappa shape index (κ2) is 12.4. The average molecular weight is 563 g/mol. The zero-order chi connectivity index (χ0) is 20.4. The molecule has 0 radical (unpaired) electrons. The molecule has 0 amide bonds. The molecule has 0 N–H and O–H groups in total. The second-order valence-electron chi connectivity index (χ2n) is 7.22. The first-order valence-corrected chi connectivity index (χ1v) is 17.0. The van der Waals surface area contributed by atoms with Crippen molar-refractivity contribution >= 4 is 64.2 Å². The third-order valence-electron chi connectivity index (χ3n) is 4.97. The van der Waals surface area contributed by atoms with E-state index < -0.39 is 0 Å². The summed E-state index contributed by atoms with van der Waals surface area (Å²) >= 11 is 5.55. The summed E-state index contributed by atoms with van der Waals surface area (Å²) in [6.07, 6.45) is 20.8. The summed E-state index contributed by atoms with van der Waals surface area (Å²) < 4.78 is 0. The van der Waals surface area contributed by atoms with Crippen molar-refractivity contribution in [2.45, 2.75) is 42.9 Å². The molecule has 0 nitrogen and oxygen atoms in total. The van der Waals surface area contributed by atoms with Gasteiger partial charge in [0.1, 0.15) is 0 Å². The summed E-state index contributed by atoms with van der Waals surface area (Å²) in [5, 5.41) is 5.62. The van der Waals surface area contributed by atoms with Gasteiger partial charge in [-0.25, -0.2) is 0 Å². The van der Waals surface area contributed by atoms with Crippen LogP contribution in [0, 0.1) is 0 Å². The van der Waals surface area contributed by atoms with Crippen LogP contribution in [0.25, 0.3) is 10.8 Å². The third kappa shape index (κ3) is 6.70. The molecule has 0 saturated heterocycles. The maximum absolute atomic E-state index is 2.35. The van der Waals surface area contributed by atoms with Crippen LogP contribution in [-0.2, 0) is 0 Å². The van der Waals surface area contributed by atoms with Gasteiger partial charge in [0.25, 0.3) is 0 Å². The molecule has 0 spiro atoms. The minimum absolute atomic E-state index is 0.718. The molecule has 0 bridgehead atoms. The number of fused-ring (bicyclic) bond motifs is 1. The summed E-state index contributed by atoms with van der Waals surface area (Å²) in [6, 6.07) is 13.6. The Morgan fingerprint density at radius 2 is 1.10 bits per heavy atom. The molecule has 0 fully saturated rings. The van der Waals surface area contributed by atoms with Gasteiger partial charge < -0.3 is 0 Å². The van der Waals surface area contributed by atoms with Crippen molar-refractivity contribution in [3.8, 4) is 0 Å². The van der Waals surface area contributed by atoms with Crippen molar-refractivity contribution in [2.75, 3.05) is 11.5 Å². The number of rotatable bonds is 12. The molecule has 30 heavy (non-hydrogen) atoms. The van der Waals surface area contributed by atoms with E-state index in [0.29, 0.717) is 0 Å². The first-order valence-electron chi connectivity index (χ1n) is 10.6. The standard InChI is InChI=1S/C26H28S2Se2/c1-2-12-22(11-1)29-19-7-17-27-24-15-5-9-21-10-6-16-25(26(21)24)28-18-8-20-30-23-13-3-4-14-23/h1-6,9-16,22-23H,7-8,17-20H2. The number of hydrogen-bond donors (Lipinski definition) is 0. The van der Waals surface area contributed by atoms with Crippen LogP contribution >= 0.6 is 23.5 Å². The van der Waals surface area contributed by atoms with Gasteiger partial charge in [-0.05, 0) is 0 Å². The van der Waals surface area contributed by atoms with Gasteiger partial charge in [0.2, 0.25) is 0 Å². The Bertz CT molecular complexity index is 848. The molecule has 0 aromatic heterocycles. The van der Waals surface area contributed by atoms with E-state index in [-0.39, 0.29) is 0 Å². The molecule has 2 aliphatic carbocycles. The summed E-state index contributed by atoms with van der Waals surface area (Å²) in [5.74, 6) is 2.45. The van der Waals surface area contributed by atoms with Crippen molar-refractivity contribution in [3.63, 3.8) is 0 Å². The summed E-state index contributed by atoms with van der Waals surface area (Å²) in [7, 11) is 0. The predicted molar refractivity (Wildman–Crippen MR) is 140 cm³/mol. The fraction of sp³-hybridized carbons (Fsp3) is 0.308. The number of thioether (sulfide) groups is 2. The van der Waals surface area contributed by atoms with Gasteiger partial charge in [-0.1, -0.05) is 0 Å². The van der Waals surface area contributed by atoms with E-state index in [1.54, 1.807) is 0 Å². The Morgan fingerprint density at radius 3 is 1.57 bits per heavy atom. The maximum atomic E-state index is 2.35. The van der Waals surface area contributed by atoms with Gasteiger partial charge in [0, 0.05) is 0 Å². The second-order valence-corrected chi connectivity index (χ2v) is 14.9. The van der Waals surface area contributed by atoms with Crippen molar-refractivity contribution in [2.24, 2.45) is 0 Å². The van der Waals surface area contributed by atoms with Crippen LogP contribution < -0.4 is 0 Å². The molecule has 0 heterocycles. The van der Waals surface area contributed by atoms with E-state index in [9.17, 15) is 0 Å². The van der Waals surface area contributed by atoms with E-state index in [4.69, 9.17) is 0 Å². The molecule has 2 aromatic carbocycles. The molecule has 0 unspecified atom stereocenters. The number of allylic oxidation sites excluding steroid dienone is 8. The summed E-state index contributed by atoms with van der Waals surface area (Å²) in [5.41, 5.74) is 0. The SMILES string of the molecule is C1=CC([Se]CCCSc2cccc3cccc(SCCC[Se]C4C=CC=C4)c23)C=C1. The van der Waals surface area contributed by atoms with E-state index in [2.05, 4.69) is 109 Å². The van der Waals surface area contributed by atoms with Gasteiger partial charge in [-0.15, -0.1) is 0 Å². The minimum atomic E-state index is 0.718. The summed E-state index contributed by atoms with van der Waals surface area (Å²) in [6.45, 7) is 0. The van der Waals surface area contributed by atoms with Crippen molar-refractivity contribution < 1.29 is 0 Å². The fourth-order valence-electron chi connectivity index (χ4n) is 3.48. The molecule has 4 rings (SSSR count). The van der Waals surface area contributed by atoms with Crippen LogP contribution in [0.4, 0.5) is 0 Å². The number of benzene rings is 2. The average Bonchev–Trinajstić information content (AvgIpc) is 3.48. The fourth-order valence-corrected chi connectivity index (χ4v) is 10.6. The van der Waals surface area contributed by atoms with E-state index in [0.717, 1.165) is 39.5 Å². The molecular weight excluding hydrogens is 534 g/mol. The molecule has 4 heteroatoms. The molecule has 0 atom stereocenters. The Hall–Kier alpha value is -0.601. The predicted octanol–water partition coefficient (Wildman–Crippen LogP) is 7.88. The molecule has 2 aromatic rings. The topological polar surface area (TPSA) is 0 Å². The zero-order valence-corrected chi connectivity index (χ0v) is 22.2. The Balaban J connectivity index is 1.28. The monoisotopic (exact) mass is 564 g/mol.